The van der Waals surface area contributed by atoms with Gasteiger partial charge < -0.3 is 5.32 Å². The highest BCUT2D eigenvalue weighted by Crippen LogP contribution is 2.20. The zero-order chi connectivity index (χ0) is 12.5. The van der Waals surface area contributed by atoms with Gasteiger partial charge in [0.15, 0.2) is 9.84 Å². The van der Waals surface area contributed by atoms with Crippen LogP contribution in [0.1, 0.15) is 26.7 Å². The molecular weight excluding hydrogens is 236 g/mol. The van der Waals surface area contributed by atoms with E-state index in [0.29, 0.717) is 23.5 Å². The predicted molar refractivity (Wildman–Crippen MR) is 69.9 cm³/mol. The van der Waals surface area contributed by atoms with Crippen LogP contribution in [-0.4, -0.2) is 56.5 Å². The first kappa shape index (κ1) is 13.3. The Labute approximate surface area is 105 Å². The zero-order valence-electron chi connectivity index (χ0n) is 10.9. The molecular formula is C12H24N2O2S. The van der Waals surface area contributed by atoms with Gasteiger partial charge in [0.25, 0.3) is 0 Å². The summed E-state index contributed by atoms with van der Waals surface area (Å²) in [6, 6.07) is 0.766. The van der Waals surface area contributed by atoms with E-state index in [1.54, 1.807) is 0 Å². The molecule has 2 unspecified atom stereocenters. The van der Waals surface area contributed by atoms with Gasteiger partial charge in [-0.1, -0.05) is 13.8 Å². The number of sulfone groups is 1. The molecule has 4 nitrogen and oxygen atoms in total. The second-order valence-electron chi connectivity index (χ2n) is 5.71. The third-order valence-corrected chi connectivity index (χ3v) is 5.74. The van der Waals surface area contributed by atoms with Crippen molar-refractivity contribution in [2.75, 3.05) is 31.1 Å². The Balaban J connectivity index is 2.00. The van der Waals surface area contributed by atoms with Crippen LogP contribution in [0.4, 0.5) is 0 Å². The van der Waals surface area contributed by atoms with Crippen molar-refractivity contribution in [3.05, 3.63) is 0 Å². The van der Waals surface area contributed by atoms with Crippen LogP contribution < -0.4 is 5.32 Å². The lowest BCUT2D eigenvalue weighted by Gasteiger charge is -2.30. The number of hydrogen-bond donors (Lipinski definition) is 1. The Morgan fingerprint density at radius 3 is 2.71 bits per heavy atom. The first-order valence-electron chi connectivity index (χ1n) is 6.66. The highest BCUT2D eigenvalue weighted by Gasteiger charge is 2.34. The average molecular weight is 260 g/mol. The lowest BCUT2D eigenvalue weighted by molar-refractivity contribution is 0.194. The molecule has 0 amide bonds. The monoisotopic (exact) mass is 260 g/mol. The summed E-state index contributed by atoms with van der Waals surface area (Å²) in [5, 5.41) is 3.56. The molecule has 0 aromatic heterocycles. The standard InChI is InChI=1S/C12H24N2O2S/c1-10(2)12-8-14(6-3-5-13-12)11-4-7-17(15,16)9-11/h10-13H,3-9H2,1-2H3. The van der Waals surface area contributed by atoms with E-state index in [2.05, 4.69) is 24.1 Å². The maximum absolute atomic E-state index is 11.5. The minimum atomic E-state index is -2.76. The largest absolute Gasteiger partial charge is 0.312 e. The van der Waals surface area contributed by atoms with E-state index < -0.39 is 9.84 Å². The van der Waals surface area contributed by atoms with E-state index in [4.69, 9.17) is 0 Å². The van der Waals surface area contributed by atoms with Gasteiger partial charge in [-0.2, -0.15) is 0 Å². The van der Waals surface area contributed by atoms with E-state index in [9.17, 15) is 8.42 Å². The quantitative estimate of drug-likeness (QED) is 0.785. The van der Waals surface area contributed by atoms with Crippen LogP contribution in [0.2, 0.25) is 0 Å². The first-order chi connectivity index (χ1) is 7.98. The maximum atomic E-state index is 11.5. The fourth-order valence-corrected chi connectivity index (χ4v) is 4.58. The Morgan fingerprint density at radius 2 is 2.12 bits per heavy atom. The number of nitrogens with one attached hydrogen (secondary N) is 1. The van der Waals surface area contributed by atoms with Crippen LogP contribution in [-0.2, 0) is 9.84 Å². The highest BCUT2D eigenvalue weighted by molar-refractivity contribution is 7.91. The molecule has 2 aliphatic rings. The minimum absolute atomic E-state index is 0.265. The summed E-state index contributed by atoms with van der Waals surface area (Å²) in [5.74, 6) is 1.36. The Kier molecular flexibility index (Phi) is 4.10. The van der Waals surface area contributed by atoms with Crippen molar-refractivity contribution in [2.24, 2.45) is 5.92 Å². The minimum Gasteiger partial charge on any atom is -0.312 e. The van der Waals surface area contributed by atoms with Crippen LogP contribution in [0.5, 0.6) is 0 Å². The normalized spacial score (nSPS) is 35.0. The van der Waals surface area contributed by atoms with E-state index in [1.807, 2.05) is 0 Å². The number of hydrogen-bond acceptors (Lipinski definition) is 4. The summed E-state index contributed by atoms with van der Waals surface area (Å²) >= 11 is 0. The second kappa shape index (κ2) is 5.24. The van der Waals surface area contributed by atoms with Crippen LogP contribution in [0.25, 0.3) is 0 Å². The molecule has 17 heavy (non-hydrogen) atoms. The molecule has 0 aliphatic carbocycles. The summed E-state index contributed by atoms with van der Waals surface area (Å²) in [5.41, 5.74) is 0. The maximum Gasteiger partial charge on any atom is 0.151 e. The van der Waals surface area contributed by atoms with E-state index in [1.165, 1.54) is 0 Å². The third kappa shape index (κ3) is 3.42. The van der Waals surface area contributed by atoms with Gasteiger partial charge in [-0.15, -0.1) is 0 Å². The summed E-state index contributed by atoms with van der Waals surface area (Å²) in [7, 11) is -2.76. The van der Waals surface area contributed by atoms with E-state index >= 15 is 0 Å². The molecule has 2 saturated heterocycles. The van der Waals surface area contributed by atoms with Crippen LogP contribution in [0.15, 0.2) is 0 Å². The molecule has 5 heteroatoms. The zero-order valence-corrected chi connectivity index (χ0v) is 11.7. The predicted octanol–water partition coefficient (Wildman–Crippen LogP) is 0.493. The summed E-state index contributed by atoms with van der Waals surface area (Å²) in [6.45, 7) is 7.55. The lowest BCUT2D eigenvalue weighted by atomic mass is 10.0. The highest BCUT2D eigenvalue weighted by atomic mass is 32.2. The fraction of sp³-hybridized carbons (Fsp3) is 1.00. The second-order valence-corrected chi connectivity index (χ2v) is 7.94. The number of nitrogens with zero attached hydrogens (tertiary/aromatic N) is 1. The molecule has 2 fully saturated rings. The Hall–Kier alpha value is -0.130. The van der Waals surface area contributed by atoms with E-state index in [0.717, 1.165) is 32.5 Å². The molecule has 0 bridgehead atoms. The summed E-state index contributed by atoms with van der Waals surface area (Å²) < 4.78 is 23.1. The fourth-order valence-electron chi connectivity index (χ4n) is 2.82. The van der Waals surface area contributed by atoms with Crippen LogP contribution >= 0.6 is 0 Å². The molecule has 0 spiro atoms. The topological polar surface area (TPSA) is 49.4 Å². The molecule has 2 heterocycles. The van der Waals surface area contributed by atoms with Gasteiger partial charge in [-0.3, -0.25) is 4.90 Å². The first-order valence-corrected chi connectivity index (χ1v) is 8.48. The van der Waals surface area contributed by atoms with Gasteiger partial charge in [0.05, 0.1) is 11.5 Å². The van der Waals surface area contributed by atoms with Gasteiger partial charge in [0.2, 0.25) is 0 Å². The van der Waals surface area contributed by atoms with Crippen molar-refractivity contribution < 1.29 is 8.42 Å². The molecule has 0 aromatic rings. The van der Waals surface area contributed by atoms with Gasteiger partial charge in [-0.25, -0.2) is 8.42 Å². The van der Waals surface area contributed by atoms with Crippen molar-refractivity contribution >= 4 is 9.84 Å². The van der Waals surface area contributed by atoms with Gasteiger partial charge in [0.1, 0.15) is 0 Å². The molecule has 0 radical (unpaired) electrons. The summed E-state index contributed by atoms with van der Waals surface area (Å²) in [6.07, 6.45) is 1.95. The van der Waals surface area contributed by atoms with Crippen LogP contribution in [0.3, 0.4) is 0 Å². The van der Waals surface area contributed by atoms with Gasteiger partial charge in [0, 0.05) is 18.6 Å². The lowest BCUT2D eigenvalue weighted by Crippen LogP contribution is -2.45. The summed E-state index contributed by atoms with van der Waals surface area (Å²) in [4.78, 5) is 2.40. The molecule has 100 valence electrons. The van der Waals surface area contributed by atoms with E-state index in [-0.39, 0.29) is 6.04 Å². The molecule has 1 N–H and O–H groups in total. The average Bonchev–Trinajstić information content (AvgIpc) is 2.51. The Bertz CT molecular complexity index is 354. The van der Waals surface area contributed by atoms with Crippen molar-refractivity contribution in [1.82, 2.24) is 10.2 Å². The van der Waals surface area contributed by atoms with Crippen molar-refractivity contribution in [1.29, 1.82) is 0 Å². The Morgan fingerprint density at radius 1 is 1.35 bits per heavy atom. The van der Waals surface area contributed by atoms with Gasteiger partial charge >= 0.3 is 0 Å². The molecule has 2 aliphatic heterocycles. The third-order valence-electron chi connectivity index (χ3n) is 3.99. The van der Waals surface area contributed by atoms with Crippen molar-refractivity contribution in [2.45, 2.75) is 38.8 Å². The SMILES string of the molecule is CC(C)C1CN(C2CCS(=O)(=O)C2)CCCN1. The smallest absolute Gasteiger partial charge is 0.151 e. The number of rotatable bonds is 2. The molecule has 0 aromatic carbocycles. The molecule has 2 rings (SSSR count). The van der Waals surface area contributed by atoms with Crippen LogP contribution in [0, 0.1) is 5.92 Å². The van der Waals surface area contributed by atoms with Crippen molar-refractivity contribution in [3.63, 3.8) is 0 Å². The molecule has 0 saturated carbocycles. The van der Waals surface area contributed by atoms with Crippen molar-refractivity contribution in [3.8, 4) is 0 Å². The molecule has 2 atom stereocenters. The van der Waals surface area contributed by atoms with Gasteiger partial charge in [-0.05, 0) is 31.8 Å².